The van der Waals surface area contributed by atoms with Gasteiger partial charge < -0.3 is 14.9 Å². The summed E-state index contributed by atoms with van der Waals surface area (Å²) in [5.41, 5.74) is 2.02. The second-order valence-electron chi connectivity index (χ2n) is 7.69. The molecule has 0 aliphatic rings. The predicted molar refractivity (Wildman–Crippen MR) is 124 cm³/mol. The Labute approximate surface area is 179 Å². The number of rotatable bonds is 13. The first-order valence-electron chi connectivity index (χ1n) is 10.5. The quantitative estimate of drug-likeness (QED) is 0.218. The second kappa shape index (κ2) is 12.8. The fourth-order valence-electron chi connectivity index (χ4n) is 3.11. The van der Waals surface area contributed by atoms with Crippen LogP contribution in [-0.2, 0) is 7.05 Å². The molecule has 156 valence electrons. The van der Waals surface area contributed by atoms with E-state index in [0.717, 1.165) is 62.2 Å². The molecule has 6 nitrogen and oxygen atoms in total. The maximum absolute atomic E-state index is 9.47. The molecule has 1 aromatic carbocycles. The number of nitrogens with zero attached hydrogens (tertiary/aromatic N) is 4. The number of benzene rings is 1. The zero-order chi connectivity index (χ0) is 21.1. The molecule has 1 aromatic heterocycles. The lowest BCUT2D eigenvalue weighted by Crippen LogP contribution is -2.26. The number of aromatic nitrogens is 1. The van der Waals surface area contributed by atoms with Crippen molar-refractivity contribution in [2.24, 2.45) is 17.3 Å². The highest BCUT2D eigenvalue weighted by Crippen LogP contribution is 2.23. The summed E-state index contributed by atoms with van der Waals surface area (Å²) >= 11 is 1.56. The molecule has 0 unspecified atom stereocenters. The first-order chi connectivity index (χ1) is 14.0. The van der Waals surface area contributed by atoms with Gasteiger partial charge in [-0.3, -0.25) is 0 Å². The molecule has 2 rings (SSSR count). The predicted octanol–water partition coefficient (Wildman–Crippen LogP) is 4.58. The molecule has 1 heterocycles. The molecule has 0 aliphatic carbocycles. The minimum Gasteiger partial charge on any atom is -0.451 e. The summed E-state index contributed by atoms with van der Waals surface area (Å²) in [4.78, 5) is 2.39. The lowest BCUT2D eigenvalue weighted by Gasteiger charge is -2.25. The van der Waals surface area contributed by atoms with Crippen molar-refractivity contribution >= 4 is 41.7 Å². The monoisotopic (exact) mass is 415 g/mol. The van der Waals surface area contributed by atoms with Gasteiger partial charge in [-0.05, 0) is 66.2 Å². The largest absolute Gasteiger partial charge is 0.451 e. The highest BCUT2D eigenvalue weighted by atomic mass is 32.1. The van der Waals surface area contributed by atoms with Gasteiger partial charge in [0.25, 0.3) is 13.8 Å². The highest BCUT2D eigenvalue weighted by molar-refractivity contribution is 7.12. The summed E-state index contributed by atoms with van der Waals surface area (Å²) in [6.45, 7) is 5.16. The van der Waals surface area contributed by atoms with Crippen LogP contribution in [0.15, 0.2) is 46.1 Å². The summed E-state index contributed by atoms with van der Waals surface area (Å²) in [5.74, 6) is 0. The van der Waals surface area contributed by atoms with Crippen molar-refractivity contribution in [3.05, 3.63) is 35.8 Å². The molecule has 0 aliphatic heterocycles. The highest BCUT2D eigenvalue weighted by Gasteiger charge is 2.10. The Morgan fingerprint density at radius 3 is 2.00 bits per heavy atom. The third kappa shape index (κ3) is 9.10. The minimum atomic E-state index is -0.232. The molecule has 2 N–H and O–H groups in total. The number of hydrogen-bond donors (Lipinski definition) is 2. The molecule has 0 saturated carbocycles. The van der Waals surface area contributed by atoms with Crippen LogP contribution in [0.25, 0.3) is 0 Å². The molecule has 0 fully saturated rings. The Hall–Kier alpha value is -1.70. The van der Waals surface area contributed by atoms with Crippen molar-refractivity contribution < 1.29 is 14.6 Å². The third-order valence-corrected chi connectivity index (χ3v) is 5.66. The SMILES string of the molecule is CB(O)CCCCN(CCCCB(C)O)c1ccc(N=Nc2scc[n+]2C)cc1. The van der Waals surface area contributed by atoms with Crippen LogP contribution in [0.1, 0.15) is 25.7 Å². The Kier molecular flexibility index (Phi) is 10.4. The zero-order valence-corrected chi connectivity index (χ0v) is 18.7. The Morgan fingerprint density at radius 2 is 1.52 bits per heavy atom. The maximum Gasteiger partial charge on any atom is 0.408 e. The van der Waals surface area contributed by atoms with Crippen molar-refractivity contribution in [3.8, 4) is 0 Å². The fraction of sp³-hybridized carbons (Fsp3) is 0.550. The van der Waals surface area contributed by atoms with Crippen LogP contribution in [0.4, 0.5) is 16.5 Å². The van der Waals surface area contributed by atoms with Crippen molar-refractivity contribution in [3.63, 3.8) is 0 Å². The molecular formula is C20H33B2N4O2S+. The van der Waals surface area contributed by atoms with E-state index in [-0.39, 0.29) is 13.8 Å². The van der Waals surface area contributed by atoms with Crippen LogP contribution in [0, 0.1) is 0 Å². The Morgan fingerprint density at radius 1 is 0.931 bits per heavy atom. The summed E-state index contributed by atoms with van der Waals surface area (Å²) in [6, 6.07) is 8.22. The molecule has 0 radical (unpaired) electrons. The zero-order valence-electron chi connectivity index (χ0n) is 17.9. The lowest BCUT2D eigenvalue weighted by molar-refractivity contribution is -0.654. The molecule has 0 atom stereocenters. The number of unbranched alkanes of at least 4 members (excludes halogenated alkanes) is 2. The second-order valence-corrected chi connectivity index (χ2v) is 8.56. The van der Waals surface area contributed by atoms with Crippen LogP contribution in [0.2, 0.25) is 26.3 Å². The van der Waals surface area contributed by atoms with Gasteiger partial charge >= 0.3 is 5.13 Å². The Balaban J connectivity index is 1.95. The minimum absolute atomic E-state index is 0.232. The lowest BCUT2D eigenvalue weighted by atomic mass is 9.67. The number of aryl methyl sites for hydroxylation is 1. The van der Waals surface area contributed by atoms with Gasteiger partial charge in [0.1, 0.15) is 11.9 Å². The van der Waals surface area contributed by atoms with Crippen molar-refractivity contribution in [1.29, 1.82) is 0 Å². The van der Waals surface area contributed by atoms with E-state index in [1.165, 1.54) is 5.69 Å². The van der Waals surface area contributed by atoms with Crippen molar-refractivity contribution in [2.45, 2.75) is 52.0 Å². The maximum atomic E-state index is 9.47. The van der Waals surface area contributed by atoms with E-state index in [2.05, 4.69) is 27.3 Å². The van der Waals surface area contributed by atoms with Crippen molar-refractivity contribution in [1.82, 2.24) is 0 Å². The molecule has 9 heteroatoms. The van der Waals surface area contributed by atoms with E-state index in [1.807, 2.05) is 49.0 Å². The van der Waals surface area contributed by atoms with Gasteiger partial charge in [-0.1, -0.05) is 26.5 Å². The molecule has 0 bridgehead atoms. The summed E-state index contributed by atoms with van der Waals surface area (Å²) in [5, 5.41) is 30.4. The molecule has 29 heavy (non-hydrogen) atoms. The van der Waals surface area contributed by atoms with Gasteiger partial charge in [0, 0.05) is 24.2 Å². The fourth-order valence-corrected chi connectivity index (χ4v) is 3.79. The van der Waals surface area contributed by atoms with Gasteiger partial charge in [0.05, 0.1) is 12.2 Å². The van der Waals surface area contributed by atoms with Crippen LogP contribution in [0.5, 0.6) is 0 Å². The van der Waals surface area contributed by atoms with Crippen LogP contribution in [0.3, 0.4) is 0 Å². The average molecular weight is 415 g/mol. The van der Waals surface area contributed by atoms with E-state index in [9.17, 15) is 10.0 Å². The summed E-state index contributed by atoms with van der Waals surface area (Å²) in [7, 11) is 1.96. The van der Waals surface area contributed by atoms with Crippen LogP contribution in [-0.4, -0.2) is 37.0 Å². The van der Waals surface area contributed by atoms with Crippen LogP contribution < -0.4 is 9.47 Å². The third-order valence-electron chi connectivity index (χ3n) is 4.83. The number of thiazole rings is 1. The average Bonchev–Trinajstić information content (AvgIpc) is 3.10. The molecule has 0 saturated heterocycles. The van der Waals surface area contributed by atoms with Crippen LogP contribution >= 0.6 is 11.3 Å². The summed E-state index contributed by atoms with van der Waals surface area (Å²) < 4.78 is 1.95. The van der Waals surface area contributed by atoms with Gasteiger partial charge in [-0.15, -0.1) is 0 Å². The van der Waals surface area contributed by atoms with Gasteiger partial charge in [-0.2, -0.15) is 0 Å². The molecular weight excluding hydrogens is 382 g/mol. The van der Waals surface area contributed by atoms with Gasteiger partial charge in [-0.25, -0.2) is 4.57 Å². The normalized spacial score (nSPS) is 11.2. The number of hydrogen-bond acceptors (Lipinski definition) is 6. The van der Waals surface area contributed by atoms with E-state index < -0.39 is 0 Å². The van der Waals surface area contributed by atoms with Gasteiger partial charge in [0.15, 0.2) is 0 Å². The topological polar surface area (TPSA) is 72.3 Å². The number of anilines is 1. The Bertz CT molecular complexity index is 722. The first kappa shape index (κ1) is 23.6. The van der Waals surface area contributed by atoms with E-state index in [1.54, 1.807) is 11.3 Å². The van der Waals surface area contributed by atoms with E-state index in [0.29, 0.717) is 0 Å². The molecule has 0 amide bonds. The number of azo groups is 1. The van der Waals surface area contributed by atoms with Gasteiger partial charge in [0.2, 0.25) is 0 Å². The smallest absolute Gasteiger partial charge is 0.408 e. The van der Waals surface area contributed by atoms with Crippen molar-refractivity contribution in [2.75, 3.05) is 18.0 Å². The van der Waals surface area contributed by atoms with E-state index in [4.69, 9.17) is 0 Å². The summed E-state index contributed by atoms with van der Waals surface area (Å²) in [6.07, 6.45) is 7.80. The molecule has 2 aromatic rings. The molecule has 0 spiro atoms. The standard InChI is InChI=1S/C20H33B2N4O2S/c1-21(27)12-4-6-14-26(15-7-5-13-22(2)28)19-10-8-18(9-11-19)23-24-20-25(3)16-17-29-20/h8-11,16-17,27-28H,4-7,12-15H2,1-3H3/q+1. The van der Waals surface area contributed by atoms with E-state index >= 15 is 0 Å². The first-order valence-corrected chi connectivity index (χ1v) is 11.4.